The summed E-state index contributed by atoms with van der Waals surface area (Å²) in [4.78, 5) is 26.2. The third-order valence-electron chi connectivity index (χ3n) is 3.90. The van der Waals surface area contributed by atoms with Crippen molar-refractivity contribution in [2.45, 2.75) is 46.6 Å². The Labute approximate surface area is 120 Å². The van der Waals surface area contributed by atoms with E-state index in [0.717, 1.165) is 38.9 Å². The van der Waals surface area contributed by atoms with Crippen molar-refractivity contribution in [1.82, 2.24) is 14.0 Å². The van der Waals surface area contributed by atoms with Crippen molar-refractivity contribution in [3.05, 3.63) is 32.6 Å². The van der Waals surface area contributed by atoms with Gasteiger partial charge in [0.25, 0.3) is 5.56 Å². The summed E-state index contributed by atoms with van der Waals surface area (Å²) < 4.78 is 2.86. The average molecular weight is 281 g/mol. The highest BCUT2D eigenvalue weighted by Gasteiger charge is 2.05. The van der Waals surface area contributed by atoms with Crippen LogP contribution in [0.25, 0.3) is 0 Å². The summed E-state index contributed by atoms with van der Waals surface area (Å²) in [7, 11) is 1.70. The zero-order chi connectivity index (χ0) is 15.1. The van der Waals surface area contributed by atoms with Gasteiger partial charge in [0.15, 0.2) is 0 Å². The van der Waals surface area contributed by atoms with E-state index in [9.17, 15) is 9.59 Å². The first-order chi connectivity index (χ1) is 9.51. The Kier molecular flexibility index (Phi) is 6.71. The molecule has 0 unspecified atom stereocenters. The highest BCUT2D eigenvalue weighted by atomic mass is 16.2. The zero-order valence-corrected chi connectivity index (χ0v) is 13.2. The summed E-state index contributed by atoms with van der Waals surface area (Å²) in [6.07, 6.45) is 3.03. The summed E-state index contributed by atoms with van der Waals surface area (Å²) in [5.41, 5.74) is 0.311. The predicted octanol–water partition coefficient (Wildman–Crippen LogP) is 1.37. The number of hydrogen-bond acceptors (Lipinski definition) is 3. The third kappa shape index (κ3) is 4.34. The maximum atomic E-state index is 12.0. The first-order valence-electron chi connectivity index (χ1n) is 7.51. The van der Waals surface area contributed by atoms with Crippen LogP contribution in [0.1, 0.15) is 38.8 Å². The van der Waals surface area contributed by atoms with Gasteiger partial charge in [-0.05, 0) is 39.4 Å². The van der Waals surface area contributed by atoms with Crippen molar-refractivity contribution in [2.75, 3.05) is 19.6 Å². The molecule has 1 rings (SSSR count). The number of aryl methyl sites for hydroxylation is 1. The highest BCUT2D eigenvalue weighted by Crippen LogP contribution is 2.00. The lowest BCUT2D eigenvalue weighted by molar-refractivity contribution is 0.294. The molecule has 0 spiro atoms. The summed E-state index contributed by atoms with van der Waals surface area (Å²) >= 11 is 0. The molecule has 1 heterocycles. The second kappa shape index (κ2) is 8.04. The molecule has 0 atom stereocenters. The predicted molar refractivity (Wildman–Crippen MR) is 82.3 cm³/mol. The molecule has 5 nitrogen and oxygen atoms in total. The molecule has 0 N–H and O–H groups in total. The van der Waals surface area contributed by atoms with Gasteiger partial charge < -0.3 is 9.47 Å². The summed E-state index contributed by atoms with van der Waals surface area (Å²) in [5, 5.41) is 0. The van der Waals surface area contributed by atoms with Crippen LogP contribution in [0, 0.1) is 6.92 Å². The van der Waals surface area contributed by atoms with Crippen molar-refractivity contribution < 1.29 is 0 Å². The molecule has 0 aliphatic carbocycles. The summed E-state index contributed by atoms with van der Waals surface area (Å²) in [6, 6.07) is 1.53. The molecule has 0 amide bonds. The van der Waals surface area contributed by atoms with Crippen LogP contribution >= 0.6 is 0 Å². The summed E-state index contributed by atoms with van der Waals surface area (Å²) in [5.74, 6) is 0. The maximum Gasteiger partial charge on any atom is 0.330 e. The SMILES string of the molecule is CCN(CC)CCCCCn1c(=O)cc(C)n(C)c1=O. The van der Waals surface area contributed by atoms with Crippen LogP contribution < -0.4 is 11.2 Å². The Balaban J connectivity index is 2.50. The van der Waals surface area contributed by atoms with E-state index in [1.165, 1.54) is 15.2 Å². The second-order valence-electron chi connectivity index (χ2n) is 5.20. The first-order valence-corrected chi connectivity index (χ1v) is 7.51. The number of hydrogen-bond donors (Lipinski definition) is 0. The second-order valence-corrected chi connectivity index (χ2v) is 5.20. The Hall–Kier alpha value is -1.36. The molecule has 5 heteroatoms. The van der Waals surface area contributed by atoms with E-state index in [1.807, 2.05) is 0 Å². The van der Waals surface area contributed by atoms with E-state index >= 15 is 0 Å². The maximum absolute atomic E-state index is 12.0. The Morgan fingerprint density at radius 3 is 2.35 bits per heavy atom. The highest BCUT2D eigenvalue weighted by molar-refractivity contribution is 4.99. The molecule has 0 saturated heterocycles. The van der Waals surface area contributed by atoms with E-state index in [2.05, 4.69) is 18.7 Å². The molecule has 0 radical (unpaired) electrons. The molecule has 0 bridgehead atoms. The van der Waals surface area contributed by atoms with Gasteiger partial charge in [-0.1, -0.05) is 20.3 Å². The van der Waals surface area contributed by atoms with Crippen LogP contribution in [0.5, 0.6) is 0 Å². The van der Waals surface area contributed by atoms with E-state index < -0.39 is 0 Å². The molecular weight excluding hydrogens is 254 g/mol. The number of unbranched alkanes of at least 4 members (excludes halogenated alkanes) is 2. The van der Waals surface area contributed by atoms with Crippen LogP contribution in [-0.2, 0) is 13.6 Å². The van der Waals surface area contributed by atoms with Crippen LogP contribution in [0.3, 0.4) is 0 Å². The number of nitrogens with zero attached hydrogens (tertiary/aromatic N) is 3. The Bertz CT molecular complexity index is 527. The molecular formula is C15H27N3O2. The van der Waals surface area contributed by atoms with Gasteiger partial charge in [0.05, 0.1) is 0 Å². The van der Waals surface area contributed by atoms with E-state index in [-0.39, 0.29) is 11.2 Å². The van der Waals surface area contributed by atoms with Crippen molar-refractivity contribution >= 4 is 0 Å². The van der Waals surface area contributed by atoms with Gasteiger partial charge >= 0.3 is 5.69 Å². The lowest BCUT2D eigenvalue weighted by Crippen LogP contribution is -2.39. The average Bonchev–Trinajstić information content (AvgIpc) is 2.43. The van der Waals surface area contributed by atoms with Crippen molar-refractivity contribution in [2.24, 2.45) is 7.05 Å². The van der Waals surface area contributed by atoms with E-state index in [0.29, 0.717) is 12.2 Å². The molecule has 1 aromatic rings. The van der Waals surface area contributed by atoms with Gasteiger partial charge in [-0.2, -0.15) is 0 Å². The standard InChI is InChI=1S/C15H27N3O2/c1-5-17(6-2)10-8-7-9-11-18-14(19)12-13(3)16(4)15(18)20/h12H,5-11H2,1-4H3. The fourth-order valence-corrected chi connectivity index (χ4v) is 2.31. The normalized spacial score (nSPS) is 11.2. The lowest BCUT2D eigenvalue weighted by atomic mass is 10.2. The van der Waals surface area contributed by atoms with Crippen molar-refractivity contribution in [1.29, 1.82) is 0 Å². The molecule has 114 valence electrons. The Morgan fingerprint density at radius 1 is 1.10 bits per heavy atom. The van der Waals surface area contributed by atoms with Crippen molar-refractivity contribution in [3.63, 3.8) is 0 Å². The van der Waals surface area contributed by atoms with Gasteiger partial charge in [0.1, 0.15) is 0 Å². The molecule has 0 aromatic carbocycles. The molecule has 20 heavy (non-hydrogen) atoms. The zero-order valence-electron chi connectivity index (χ0n) is 13.2. The smallest absolute Gasteiger partial charge is 0.304 e. The minimum absolute atomic E-state index is 0.186. The molecule has 0 aliphatic rings. The van der Waals surface area contributed by atoms with Crippen LogP contribution in [0.2, 0.25) is 0 Å². The molecule has 0 saturated carbocycles. The van der Waals surface area contributed by atoms with E-state index in [4.69, 9.17) is 0 Å². The summed E-state index contributed by atoms with van der Waals surface area (Å²) in [6.45, 7) is 9.87. The first kappa shape index (κ1) is 16.7. The number of aromatic nitrogens is 2. The fraction of sp³-hybridized carbons (Fsp3) is 0.733. The van der Waals surface area contributed by atoms with Gasteiger partial charge in [-0.3, -0.25) is 9.36 Å². The van der Waals surface area contributed by atoms with Gasteiger partial charge in [-0.15, -0.1) is 0 Å². The van der Waals surface area contributed by atoms with Crippen molar-refractivity contribution in [3.8, 4) is 0 Å². The molecule has 0 fully saturated rings. The van der Waals surface area contributed by atoms with Crippen LogP contribution in [-0.4, -0.2) is 33.7 Å². The minimum Gasteiger partial charge on any atom is -0.304 e. The quantitative estimate of drug-likeness (QED) is 0.676. The monoisotopic (exact) mass is 281 g/mol. The van der Waals surface area contributed by atoms with Gasteiger partial charge in [0, 0.05) is 25.4 Å². The molecule has 0 aliphatic heterocycles. The lowest BCUT2D eigenvalue weighted by Gasteiger charge is -2.17. The number of rotatable bonds is 8. The third-order valence-corrected chi connectivity index (χ3v) is 3.90. The fourth-order valence-electron chi connectivity index (χ4n) is 2.31. The van der Waals surface area contributed by atoms with Crippen LogP contribution in [0.4, 0.5) is 0 Å². The topological polar surface area (TPSA) is 47.2 Å². The largest absolute Gasteiger partial charge is 0.330 e. The van der Waals surface area contributed by atoms with Gasteiger partial charge in [0.2, 0.25) is 0 Å². The van der Waals surface area contributed by atoms with Crippen LogP contribution in [0.15, 0.2) is 15.7 Å². The molecule has 1 aromatic heterocycles. The minimum atomic E-state index is -0.209. The Morgan fingerprint density at radius 2 is 1.75 bits per heavy atom. The van der Waals surface area contributed by atoms with Gasteiger partial charge in [-0.25, -0.2) is 4.79 Å². The van der Waals surface area contributed by atoms with E-state index in [1.54, 1.807) is 14.0 Å².